The fourth-order valence-electron chi connectivity index (χ4n) is 2.08. The van der Waals surface area contributed by atoms with Crippen molar-refractivity contribution in [2.45, 2.75) is 6.54 Å². The van der Waals surface area contributed by atoms with E-state index in [2.05, 4.69) is 0 Å². The zero-order valence-electron chi connectivity index (χ0n) is 10.9. The lowest BCUT2D eigenvalue weighted by atomic mass is 10.2. The maximum atomic E-state index is 13.7. The molecule has 0 aliphatic rings. The van der Waals surface area contributed by atoms with Crippen LogP contribution in [0.3, 0.4) is 0 Å². The van der Waals surface area contributed by atoms with Gasteiger partial charge in [-0.05, 0) is 23.6 Å². The number of pyridine rings is 1. The van der Waals surface area contributed by atoms with E-state index in [0.29, 0.717) is 0 Å². The fraction of sp³-hybridized carbons (Fsp3) is 0.0625. The molecule has 2 heterocycles. The highest BCUT2D eigenvalue weighted by Gasteiger charge is 2.07. The van der Waals surface area contributed by atoms with Gasteiger partial charge < -0.3 is 4.57 Å². The molecule has 2 nitrogen and oxygen atoms in total. The van der Waals surface area contributed by atoms with E-state index in [1.165, 1.54) is 22.8 Å². The first-order valence-electron chi connectivity index (χ1n) is 6.32. The lowest BCUT2D eigenvalue weighted by molar-refractivity contribution is 0.564. The van der Waals surface area contributed by atoms with Crippen LogP contribution in [-0.4, -0.2) is 4.57 Å². The second-order valence-corrected chi connectivity index (χ2v) is 5.54. The minimum Gasteiger partial charge on any atom is -0.310 e. The van der Waals surface area contributed by atoms with Gasteiger partial charge >= 0.3 is 0 Å². The summed E-state index contributed by atoms with van der Waals surface area (Å²) in [7, 11) is 0. The lowest BCUT2D eigenvalue weighted by Gasteiger charge is -2.08. The molecule has 0 bridgehead atoms. The number of hydrogen-bond acceptors (Lipinski definition) is 2. The van der Waals surface area contributed by atoms with E-state index in [0.717, 1.165) is 16.5 Å². The largest absolute Gasteiger partial charge is 0.310 e. The van der Waals surface area contributed by atoms with Gasteiger partial charge in [0, 0.05) is 34.3 Å². The van der Waals surface area contributed by atoms with Gasteiger partial charge in [-0.1, -0.05) is 12.1 Å². The van der Waals surface area contributed by atoms with Crippen molar-refractivity contribution in [1.82, 2.24) is 4.57 Å². The summed E-state index contributed by atoms with van der Waals surface area (Å²) in [6.07, 6.45) is 1.69. The second-order valence-electron chi connectivity index (χ2n) is 4.60. The molecule has 3 aromatic rings. The molecular formula is C16H11F2NOS. The molecule has 0 saturated carbocycles. The van der Waals surface area contributed by atoms with E-state index in [9.17, 15) is 13.6 Å². The average Bonchev–Trinajstić information content (AvgIpc) is 2.98. The molecule has 106 valence electrons. The third-order valence-corrected chi connectivity index (χ3v) is 4.06. The molecule has 21 heavy (non-hydrogen) atoms. The summed E-state index contributed by atoms with van der Waals surface area (Å²) in [6.45, 7) is 0.0736. The summed E-state index contributed by atoms with van der Waals surface area (Å²) in [5.74, 6) is -1.28. The summed E-state index contributed by atoms with van der Waals surface area (Å²) < 4.78 is 28.0. The standard InChI is InChI=1S/C16H11F2NOS/c17-13-5-3-11(14(18)8-13)9-19-10-12(4-6-16(19)20)15-2-1-7-21-15/h1-8,10H,9H2. The topological polar surface area (TPSA) is 22.0 Å². The van der Waals surface area contributed by atoms with Gasteiger partial charge in [-0.2, -0.15) is 0 Å². The van der Waals surface area contributed by atoms with Crippen LogP contribution in [0.2, 0.25) is 0 Å². The van der Waals surface area contributed by atoms with E-state index >= 15 is 0 Å². The highest BCUT2D eigenvalue weighted by atomic mass is 32.1. The molecule has 2 aromatic heterocycles. The zero-order valence-corrected chi connectivity index (χ0v) is 11.7. The number of halogens is 2. The Kier molecular flexibility index (Phi) is 3.66. The average molecular weight is 303 g/mol. The van der Waals surface area contributed by atoms with E-state index in [-0.39, 0.29) is 17.7 Å². The second kappa shape index (κ2) is 5.61. The van der Waals surface area contributed by atoms with Gasteiger partial charge in [-0.25, -0.2) is 8.78 Å². The molecule has 0 amide bonds. The highest BCUT2D eigenvalue weighted by molar-refractivity contribution is 7.13. The number of hydrogen-bond donors (Lipinski definition) is 0. The zero-order chi connectivity index (χ0) is 14.8. The van der Waals surface area contributed by atoms with Crippen LogP contribution in [0, 0.1) is 11.6 Å². The first-order valence-corrected chi connectivity index (χ1v) is 7.20. The molecule has 0 atom stereocenters. The molecule has 0 fully saturated rings. The number of benzene rings is 1. The predicted octanol–water partition coefficient (Wildman–Crippen LogP) is 3.90. The number of aromatic nitrogens is 1. The van der Waals surface area contributed by atoms with Crippen molar-refractivity contribution in [1.29, 1.82) is 0 Å². The Bertz CT molecular complexity index is 825. The Morgan fingerprint density at radius 3 is 2.67 bits per heavy atom. The van der Waals surface area contributed by atoms with Crippen molar-refractivity contribution in [3.63, 3.8) is 0 Å². The minimum absolute atomic E-state index is 0.0736. The fourth-order valence-corrected chi connectivity index (χ4v) is 2.79. The third kappa shape index (κ3) is 2.92. The first-order chi connectivity index (χ1) is 10.1. The highest BCUT2D eigenvalue weighted by Crippen LogP contribution is 2.23. The molecular weight excluding hydrogens is 292 g/mol. The van der Waals surface area contributed by atoms with Crippen molar-refractivity contribution in [3.8, 4) is 10.4 Å². The molecule has 0 aliphatic carbocycles. The molecule has 0 spiro atoms. The van der Waals surface area contributed by atoms with Gasteiger partial charge in [0.05, 0.1) is 6.54 Å². The molecule has 3 rings (SSSR count). The minimum atomic E-state index is -0.650. The van der Waals surface area contributed by atoms with E-state index < -0.39 is 11.6 Å². The number of thiophene rings is 1. The Hall–Kier alpha value is -2.27. The van der Waals surface area contributed by atoms with Gasteiger partial charge in [0.25, 0.3) is 5.56 Å². The summed E-state index contributed by atoms with van der Waals surface area (Å²) in [6, 6.07) is 10.4. The van der Waals surface area contributed by atoms with Crippen LogP contribution >= 0.6 is 11.3 Å². The Morgan fingerprint density at radius 2 is 1.95 bits per heavy atom. The summed E-state index contributed by atoms with van der Waals surface area (Å²) in [5.41, 5.74) is 0.952. The van der Waals surface area contributed by atoms with Crippen LogP contribution in [-0.2, 0) is 6.54 Å². The third-order valence-electron chi connectivity index (χ3n) is 3.14. The van der Waals surface area contributed by atoms with Crippen molar-refractivity contribution < 1.29 is 8.78 Å². The van der Waals surface area contributed by atoms with Gasteiger partial charge in [0.1, 0.15) is 11.6 Å². The quantitative estimate of drug-likeness (QED) is 0.719. The Labute approximate surface area is 123 Å². The van der Waals surface area contributed by atoms with Crippen molar-refractivity contribution in [2.24, 2.45) is 0 Å². The first kappa shape index (κ1) is 13.7. The Balaban J connectivity index is 1.98. The van der Waals surface area contributed by atoms with Crippen LogP contribution in [0.1, 0.15) is 5.56 Å². The number of rotatable bonds is 3. The summed E-state index contributed by atoms with van der Waals surface area (Å²) >= 11 is 1.56. The van der Waals surface area contributed by atoms with Crippen molar-refractivity contribution >= 4 is 11.3 Å². The predicted molar refractivity (Wildman–Crippen MR) is 79.5 cm³/mol. The normalized spacial score (nSPS) is 10.8. The summed E-state index contributed by atoms with van der Waals surface area (Å²) in [4.78, 5) is 12.9. The summed E-state index contributed by atoms with van der Waals surface area (Å²) in [5, 5.41) is 1.95. The molecule has 0 saturated heterocycles. The molecule has 0 aliphatic heterocycles. The van der Waals surface area contributed by atoms with Crippen molar-refractivity contribution in [3.05, 3.63) is 81.6 Å². The van der Waals surface area contributed by atoms with E-state index in [1.54, 1.807) is 23.6 Å². The maximum Gasteiger partial charge on any atom is 0.250 e. The van der Waals surface area contributed by atoms with Crippen LogP contribution in [0.5, 0.6) is 0 Å². The molecule has 0 unspecified atom stereocenters. The monoisotopic (exact) mass is 303 g/mol. The van der Waals surface area contributed by atoms with E-state index in [1.807, 2.05) is 17.5 Å². The van der Waals surface area contributed by atoms with Crippen LogP contribution < -0.4 is 5.56 Å². The SMILES string of the molecule is O=c1ccc(-c2cccs2)cn1Cc1ccc(F)cc1F. The van der Waals surface area contributed by atoms with Gasteiger partial charge in [-0.15, -0.1) is 11.3 Å². The number of nitrogens with zero attached hydrogens (tertiary/aromatic N) is 1. The van der Waals surface area contributed by atoms with Gasteiger partial charge in [0.2, 0.25) is 0 Å². The van der Waals surface area contributed by atoms with Gasteiger partial charge in [-0.3, -0.25) is 4.79 Å². The van der Waals surface area contributed by atoms with Gasteiger partial charge in [0.15, 0.2) is 0 Å². The van der Waals surface area contributed by atoms with E-state index in [4.69, 9.17) is 0 Å². The molecule has 0 N–H and O–H groups in total. The van der Waals surface area contributed by atoms with Crippen molar-refractivity contribution in [2.75, 3.05) is 0 Å². The molecule has 1 aromatic carbocycles. The van der Waals surface area contributed by atoms with Crippen LogP contribution in [0.15, 0.2) is 58.8 Å². The molecule has 5 heteroatoms. The Morgan fingerprint density at radius 1 is 1.10 bits per heavy atom. The van der Waals surface area contributed by atoms with Crippen LogP contribution in [0.4, 0.5) is 8.78 Å². The lowest BCUT2D eigenvalue weighted by Crippen LogP contribution is -2.19. The smallest absolute Gasteiger partial charge is 0.250 e. The molecule has 0 radical (unpaired) electrons. The van der Waals surface area contributed by atoms with Crippen LogP contribution in [0.25, 0.3) is 10.4 Å². The maximum absolute atomic E-state index is 13.7.